The Morgan fingerprint density at radius 1 is 1.17 bits per heavy atom. The van der Waals surface area contributed by atoms with Gasteiger partial charge in [-0.3, -0.25) is 0 Å². The van der Waals surface area contributed by atoms with E-state index in [1.165, 1.54) is 0 Å². The van der Waals surface area contributed by atoms with Crippen LogP contribution in [0.15, 0.2) is 28.8 Å². The third kappa shape index (κ3) is 4.83. The Hall–Kier alpha value is -2.34. The summed E-state index contributed by atoms with van der Waals surface area (Å²) in [4.78, 5) is 12.1. The van der Waals surface area contributed by atoms with E-state index < -0.39 is 0 Å². The number of nitrogens with one attached hydrogen (secondary N) is 2. The summed E-state index contributed by atoms with van der Waals surface area (Å²) in [5.74, 6) is 0.826. The van der Waals surface area contributed by atoms with Crippen LogP contribution in [0.3, 0.4) is 0 Å². The van der Waals surface area contributed by atoms with E-state index in [-0.39, 0.29) is 6.03 Å². The fourth-order valence-electron chi connectivity index (χ4n) is 2.39. The predicted octanol–water partition coefficient (Wildman–Crippen LogP) is 3.66. The van der Waals surface area contributed by atoms with Crippen LogP contribution in [0.5, 0.6) is 0 Å². The lowest BCUT2D eigenvalue weighted by atomic mass is 10.1. The third-order valence-electron chi connectivity index (χ3n) is 3.72. The fraction of sp³-hybridized carbons (Fsp3) is 0.444. The molecule has 0 spiro atoms. The third-order valence-corrected chi connectivity index (χ3v) is 3.72. The summed E-state index contributed by atoms with van der Waals surface area (Å²) in [7, 11) is 0. The monoisotopic (exact) mass is 331 g/mol. The van der Waals surface area contributed by atoms with Gasteiger partial charge in [-0.1, -0.05) is 31.1 Å². The summed E-state index contributed by atoms with van der Waals surface area (Å²) in [6, 6.07) is 7.36. The number of ether oxygens (including phenoxy) is 1. The van der Waals surface area contributed by atoms with Crippen LogP contribution in [-0.4, -0.2) is 17.8 Å². The highest BCUT2D eigenvalue weighted by Gasteiger charge is 2.14. The number of rotatable bonds is 8. The largest absolute Gasteiger partial charge is 0.377 e. The standard InChI is InChI=1S/C18H25N3O3/c1-4-16-15(17(5-2)24-21-16)11-19-18(22)20-14-9-7-13(8-10-14)12-23-6-3/h7-10H,4-6,11-12H2,1-3H3,(H2,19,20,22). The molecule has 0 aliphatic rings. The molecule has 0 atom stereocenters. The van der Waals surface area contributed by atoms with Crippen molar-refractivity contribution in [3.63, 3.8) is 0 Å². The first-order valence-electron chi connectivity index (χ1n) is 8.35. The Labute approximate surface area is 142 Å². The molecule has 2 amide bonds. The molecule has 0 unspecified atom stereocenters. The molecule has 2 rings (SSSR count). The summed E-state index contributed by atoms with van der Waals surface area (Å²) < 4.78 is 10.6. The summed E-state index contributed by atoms with van der Waals surface area (Å²) in [6.07, 6.45) is 1.54. The SMILES string of the molecule is CCOCc1ccc(NC(=O)NCc2c(CC)noc2CC)cc1. The van der Waals surface area contributed by atoms with E-state index >= 15 is 0 Å². The topological polar surface area (TPSA) is 76.4 Å². The Balaban J connectivity index is 1.88. The van der Waals surface area contributed by atoms with Crippen molar-refractivity contribution >= 4 is 11.7 Å². The second-order valence-electron chi connectivity index (χ2n) is 5.38. The van der Waals surface area contributed by atoms with E-state index in [0.717, 1.165) is 41.1 Å². The average Bonchev–Trinajstić information content (AvgIpc) is 3.01. The molecule has 2 aromatic rings. The number of carbonyl (C=O) groups is 1. The molecule has 0 aliphatic carbocycles. The highest BCUT2D eigenvalue weighted by atomic mass is 16.5. The van der Waals surface area contributed by atoms with Crippen molar-refractivity contribution in [2.45, 2.75) is 46.8 Å². The van der Waals surface area contributed by atoms with Crippen LogP contribution >= 0.6 is 0 Å². The molecular weight excluding hydrogens is 306 g/mol. The van der Waals surface area contributed by atoms with Crippen molar-refractivity contribution in [3.05, 3.63) is 46.8 Å². The number of benzene rings is 1. The molecule has 1 aromatic heterocycles. The first-order chi connectivity index (χ1) is 11.7. The number of nitrogens with zero attached hydrogens (tertiary/aromatic N) is 1. The number of hydrogen-bond acceptors (Lipinski definition) is 4. The van der Waals surface area contributed by atoms with Gasteiger partial charge >= 0.3 is 6.03 Å². The average molecular weight is 331 g/mol. The molecule has 0 aliphatic heterocycles. The zero-order valence-corrected chi connectivity index (χ0v) is 14.5. The number of carbonyl (C=O) groups excluding carboxylic acids is 1. The molecule has 1 aromatic carbocycles. The molecule has 1 heterocycles. The van der Waals surface area contributed by atoms with Gasteiger partial charge in [0.05, 0.1) is 12.3 Å². The minimum atomic E-state index is -0.252. The van der Waals surface area contributed by atoms with E-state index in [1.807, 2.05) is 45.0 Å². The molecule has 130 valence electrons. The molecule has 24 heavy (non-hydrogen) atoms. The number of hydrogen-bond donors (Lipinski definition) is 2. The van der Waals surface area contributed by atoms with Crippen molar-refractivity contribution in [3.8, 4) is 0 Å². The van der Waals surface area contributed by atoms with Crippen LogP contribution in [0, 0.1) is 0 Å². The van der Waals surface area contributed by atoms with Gasteiger partial charge in [-0.05, 0) is 31.0 Å². The first-order valence-corrected chi connectivity index (χ1v) is 8.35. The smallest absolute Gasteiger partial charge is 0.319 e. The van der Waals surface area contributed by atoms with E-state index in [4.69, 9.17) is 9.26 Å². The number of anilines is 1. The van der Waals surface area contributed by atoms with Gasteiger partial charge < -0.3 is 19.9 Å². The maximum Gasteiger partial charge on any atom is 0.319 e. The van der Waals surface area contributed by atoms with Crippen molar-refractivity contribution in [1.82, 2.24) is 10.5 Å². The molecule has 0 radical (unpaired) electrons. The van der Waals surface area contributed by atoms with Crippen molar-refractivity contribution in [2.75, 3.05) is 11.9 Å². The number of urea groups is 1. The number of aryl methyl sites for hydroxylation is 2. The Morgan fingerprint density at radius 3 is 2.54 bits per heavy atom. The van der Waals surface area contributed by atoms with Gasteiger partial charge in [0.25, 0.3) is 0 Å². The summed E-state index contributed by atoms with van der Waals surface area (Å²) in [6.45, 7) is 7.66. The van der Waals surface area contributed by atoms with Crippen LogP contribution in [0.2, 0.25) is 0 Å². The second-order valence-corrected chi connectivity index (χ2v) is 5.38. The second kappa shape index (κ2) is 9.08. The van der Waals surface area contributed by atoms with E-state index in [9.17, 15) is 4.79 Å². The minimum absolute atomic E-state index is 0.252. The first kappa shape index (κ1) is 18.0. The maximum absolute atomic E-state index is 12.1. The molecule has 6 heteroatoms. The minimum Gasteiger partial charge on any atom is -0.377 e. The summed E-state index contributed by atoms with van der Waals surface area (Å²) >= 11 is 0. The van der Waals surface area contributed by atoms with Gasteiger partial charge in [0.2, 0.25) is 0 Å². The van der Waals surface area contributed by atoms with Gasteiger partial charge in [-0.25, -0.2) is 4.79 Å². The molecule has 6 nitrogen and oxygen atoms in total. The van der Waals surface area contributed by atoms with Crippen molar-refractivity contribution in [1.29, 1.82) is 0 Å². The van der Waals surface area contributed by atoms with Crippen LogP contribution in [0.4, 0.5) is 10.5 Å². The fourth-order valence-corrected chi connectivity index (χ4v) is 2.39. The zero-order chi connectivity index (χ0) is 17.4. The van der Waals surface area contributed by atoms with Crippen molar-refractivity contribution < 1.29 is 14.1 Å². The molecule has 0 saturated carbocycles. The highest BCUT2D eigenvalue weighted by Crippen LogP contribution is 2.16. The van der Waals surface area contributed by atoms with Crippen LogP contribution in [-0.2, 0) is 30.7 Å². The van der Waals surface area contributed by atoms with Gasteiger partial charge in [-0.2, -0.15) is 0 Å². The van der Waals surface area contributed by atoms with Crippen molar-refractivity contribution in [2.24, 2.45) is 0 Å². The van der Waals surface area contributed by atoms with Gasteiger partial charge in [0.15, 0.2) is 0 Å². The van der Waals surface area contributed by atoms with Crippen LogP contribution < -0.4 is 10.6 Å². The Kier molecular flexibility index (Phi) is 6.81. The lowest BCUT2D eigenvalue weighted by Crippen LogP contribution is -2.28. The zero-order valence-electron chi connectivity index (χ0n) is 14.5. The quantitative estimate of drug-likeness (QED) is 0.774. The van der Waals surface area contributed by atoms with Crippen LogP contribution in [0.25, 0.3) is 0 Å². The maximum atomic E-state index is 12.1. The molecule has 0 fully saturated rings. The molecule has 0 bridgehead atoms. The van der Waals surface area contributed by atoms with Gasteiger partial charge in [0, 0.05) is 30.8 Å². The van der Waals surface area contributed by atoms with Crippen LogP contribution in [0.1, 0.15) is 43.4 Å². The van der Waals surface area contributed by atoms with Gasteiger partial charge in [-0.15, -0.1) is 0 Å². The lowest BCUT2D eigenvalue weighted by molar-refractivity contribution is 0.134. The number of amides is 2. The molecular formula is C18H25N3O3. The Bertz CT molecular complexity index is 629. The predicted molar refractivity (Wildman–Crippen MR) is 92.9 cm³/mol. The van der Waals surface area contributed by atoms with E-state index in [1.54, 1.807) is 0 Å². The number of aromatic nitrogens is 1. The van der Waals surface area contributed by atoms with Gasteiger partial charge in [0.1, 0.15) is 5.76 Å². The lowest BCUT2D eigenvalue weighted by Gasteiger charge is -2.09. The Morgan fingerprint density at radius 2 is 1.92 bits per heavy atom. The summed E-state index contributed by atoms with van der Waals surface area (Å²) in [5.41, 5.74) is 3.69. The molecule has 0 saturated heterocycles. The van der Waals surface area contributed by atoms with E-state index in [0.29, 0.717) is 19.8 Å². The highest BCUT2D eigenvalue weighted by molar-refractivity contribution is 5.89. The normalized spacial score (nSPS) is 10.6. The molecule has 2 N–H and O–H groups in total. The summed E-state index contributed by atoms with van der Waals surface area (Å²) in [5, 5.41) is 9.72. The van der Waals surface area contributed by atoms with E-state index in [2.05, 4.69) is 15.8 Å².